The molecule has 0 saturated carbocycles. The largest absolute Gasteiger partial charge is 0.310 e. The molecule has 0 N–H and O–H groups in total. The van der Waals surface area contributed by atoms with Crippen LogP contribution in [0.1, 0.15) is 0 Å². The van der Waals surface area contributed by atoms with Crippen molar-refractivity contribution in [1.29, 1.82) is 0 Å². The molecule has 0 aliphatic carbocycles. The van der Waals surface area contributed by atoms with E-state index >= 15 is 0 Å². The van der Waals surface area contributed by atoms with Gasteiger partial charge in [-0.1, -0.05) is 182 Å². The van der Waals surface area contributed by atoms with Gasteiger partial charge in [0.05, 0.1) is 16.7 Å². The smallest absolute Gasteiger partial charge is 0.0619 e. The fraction of sp³-hybridized carbons (Fsp3) is 0. The molecule has 0 bridgehead atoms. The molecule has 2 nitrogen and oxygen atoms in total. The molecule has 58 heavy (non-hydrogen) atoms. The van der Waals surface area contributed by atoms with Crippen LogP contribution in [0.25, 0.3) is 82.4 Å². The van der Waals surface area contributed by atoms with Crippen molar-refractivity contribution >= 4 is 60.4 Å². The summed E-state index contributed by atoms with van der Waals surface area (Å²) in [5.41, 5.74) is 14.0. The van der Waals surface area contributed by atoms with Crippen LogP contribution in [-0.2, 0) is 0 Å². The fourth-order valence-corrected chi connectivity index (χ4v) is 8.97. The van der Waals surface area contributed by atoms with E-state index in [-0.39, 0.29) is 0 Å². The number of hydrogen-bond acceptors (Lipinski definition) is 1. The number of fused-ring (bicyclic) bond motifs is 5. The Labute approximate surface area is 338 Å². The highest BCUT2D eigenvalue weighted by Gasteiger charge is 2.22. The highest BCUT2D eigenvalue weighted by Crippen LogP contribution is 2.46. The molecule has 0 fully saturated rings. The third-order valence-electron chi connectivity index (χ3n) is 11.5. The number of para-hydroxylation sites is 4. The summed E-state index contributed by atoms with van der Waals surface area (Å²) in [6, 6.07) is 83.8. The predicted octanol–water partition coefficient (Wildman–Crippen LogP) is 15.6. The minimum Gasteiger partial charge on any atom is -0.310 e. The van der Waals surface area contributed by atoms with E-state index in [2.05, 4.69) is 240 Å². The van der Waals surface area contributed by atoms with Crippen LogP contribution in [-0.4, -0.2) is 4.57 Å². The van der Waals surface area contributed by atoms with Gasteiger partial charge in [-0.3, -0.25) is 0 Å². The zero-order valence-corrected chi connectivity index (χ0v) is 31.8. The van der Waals surface area contributed by atoms with Gasteiger partial charge in [0.25, 0.3) is 0 Å². The van der Waals surface area contributed by atoms with Crippen molar-refractivity contribution in [2.75, 3.05) is 4.90 Å². The lowest BCUT2D eigenvalue weighted by Gasteiger charge is -2.29. The van der Waals surface area contributed by atoms with E-state index in [1.54, 1.807) is 0 Å². The molecule has 11 rings (SSSR count). The Morgan fingerprint density at radius 1 is 0.328 bits per heavy atom. The Balaban J connectivity index is 1.16. The molecular weight excluding hydrogens is 701 g/mol. The summed E-state index contributed by atoms with van der Waals surface area (Å²) in [6.45, 7) is 0. The number of benzene rings is 10. The summed E-state index contributed by atoms with van der Waals surface area (Å²) in [4.78, 5) is 2.45. The maximum absolute atomic E-state index is 2.45. The summed E-state index contributed by atoms with van der Waals surface area (Å²) >= 11 is 0. The molecule has 1 heterocycles. The van der Waals surface area contributed by atoms with Crippen LogP contribution in [0.4, 0.5) is 17.1 Å². The normalized spacial score (nSPS) is 11.4. The molecule has 0 spiro atoms. The summed E-state index contributed by atoms with van der Waals surface area (Å²) in [5, 5.41) is 7.37. The van der Waals surface area contributed by atoms with Crippen LogP contribution in [0, 0.1) is 0 Å². The van der Waals surface area contributed by atoms with Gasteiger partial charge >= 0.3 is 0 Å². The maximum Gasteiger partial charge on any atom is 0.0619 e. The fourth-order valence-electron chi connectivity index (χ4n) is 8.97. The standard InChI is InChI=1S/C56H38N2/c1-3-18-40(19-4-1)47-29-14-21-41-22-15-31-51(55(41)47)49-27-9-11-33-53(49)57(46-36-35-39-17-7-8-20-42(39)37-46)45-26-13-23-43(38-45)48-30-16-32-52-50-28-10-12-34-54(50)58(56(48)52)44-24-5-2-6-25-44/h1-38H. The molecule has 0 saturated heterocycles. The molecular formula is C56H38N2. The van der Waals surface area contributed by atoms with Crippen molar-refractivity contribution in [2.24, 2.45) is 0 Å². The number of anilines is 3. The highest BCUT2D eigenvalue weighted by molar-refractivity contribution is 6.14. The van der Waals surface area contributed by atoms with Crippen molar-refractivity contribution in [3.8, 4) is 39.1 Å². The van der Waals surface area contributed by atoms with Crippen LogP contribution >= 0.6 is 0 Å². The monoisotopic (exact) mass is 738 g/mol. The number of nitrogens with zero attached hydrogens (tertiary/aromatic N) is 2. The van der Waals surface area contributed by atoms with Crippen LogP contribution in [0.5, 0.6) is 0 Å². The number of aromatic nitrogens is 1. The molecule has 0 unspecified atom stereocenters. The summed E-state index contributed by atoms with van der Waals surface area (Å²) in [6.07, 6.45) is 0. The van der Waals surface area contributed by atoms with Gasteiger partial charge < -0.3 is 9.47 Å². The van der Waals surface area contributed by atoms with Crippen LogP contribution < -0.4 is 4.90 Å². The first-order valence-electron chi connectivity index (χ1n) is 19.9. The lowest BCUT2D eigenvalue weighted by Crippen LogP contribution is -2.11. The van der Waals surface area contributed by atoms with E-state index in [9.17, 15) is 0 Å². The third-order valence-corrected chi connectivity index (χ3v) is 11.5. The zero-order chi connectivity index (χ0) is 38.4. The van der Waals surface area contributed by atoms with Crippen molar-refractivity contribution < 1.29 is 0 Å². The van der Waals surface area contributed by atoms with Gasteiger partial charge in [-0.2, -0.15) is 0 Å². The van der Waals surface area contributed by atoms with Gasteiger partial charge in [0, 0.05) is 39.0 Å². The highest BCUT2D eigenvalue weighted by atomic mass is 15.1. The minimum absolute atomic E-state index is 1.09. The number of rotatable bonds is 7. The first-order chi connectivity index (χ1) is 28.8. The molecule has 2 heteroatoms. The lowest BCUT2D eigenvalue weighted by atomic mass is 9.90. The SMILES string of the molecule is c1ccc(-c2cccc3cccc(-c4ccccc4N(c4cccc(-c5cccc6c7ccccc7n(-c7ccccc7)c56)c4)c4ccc5ccccc5c4)c23)cc1. The van der Waals surface area contributed by atoms with Crippen molar-refractivity contribution in [3.05, 3.63) is 231 Å². The van der Waals surface area contributed by atoms with E-state index in [4.69, 9.17) is 0 Å². The quantitative estimate of drug-likeness (QED) is 0.158. The molecule has 0 aliphatic rings. The van der Waals surface area contributed by atoms with E-state index in [0.717, 1.165) is 28.3 Å². The molecule has 0 radical (unpaired) electrons. The van der Waals surface area contributed by atoms with E-state index in [1.165, 1.54) is 71.2 Å². The zero-order valence-electron chi connectivity index (χ0n) is 31.8. The first kappa shape index (κ1) is 33.6. The first-order valence-corrected chi connectivity index (χ1v) is 19.9. The van der Waals surface area contributed by atoms with Crippen molar-refractivity contribution in [3.63, 3.8) is 0 Å². The van der Waals surface area contributed by atoms with Crippen LogP contribution in [0.2, 0.25) is 0 Å². The Kier molecular flexibility index (Phi) is 8.19. The second-order valence-electron chi connectivity index (χ2n) is 14.9. The van der Waals surface area contributed by atoms with Crippen LogP contribution in [0.3, 0.4) is 0 Å². The van der Waals surface area contributed by atoms with Gasteiger partial charge in [0.15, 0.2) is 0 Å². The Hall–Kier alpha value is -7.68. The predicted molar refractivity (Wildman–Crippen MR) is 247 cm³/mol. The molecule has 10 aromatic carbocycles. The Bertz CT molecular complexity index is 3280. The summed E-state index contributed by atoms with van der Waals surface area (Å²) in [7, 11) is 0. The van der Waals surface area contributed by atoms with Gasteiger partial charge in [0.1, 0.15) is 0 Å². The third kappa shape index (κ3) is 5.66. The van der Waals surface area contributed by atoms with E-state index in [0.29, 0.717) is 0 Å². The molecule has 0 amide bonds. The average Bonchev–Trinajstić information content (AvgIpc) is 3.64. The van der Waals surface area contributed by atoms with Crippen molar-refractivity contribution in [2.45, 2.75) is 0 Å². The molecule has 0 atom stereocenters. The summed E-state index contributed by atoms with van der Waals surface area (Å²) in [5.74, 6) is 0. The number of hydrogen-bond donors (Lipinski definition) is 0. The van der Waals surface area contributed by atoms with Crippen molar-refractivity contribution in [1.82, 2.24) is 4.57 Å². The Morgan fingerprint density at radius 3 is 1.78 bits per heavy atom. The minimum atomic E-state index is 1.09. The second kappa shape index (κ2) is 14.1. The summed E-state index contributed by atoms with van der Waals surface area (Å²) < 4.78 is 2.42. The van der Waals surface area contributed by atoms with Gasteiger partial charge in [-0.15, -0.1) is 0 Å². The Morgan fingerprint density at radius 2 is 0.914 bits per heavy atom. The molecule has 11 aromatic rings. The van der Waals surface area contributed by atoms with E-state index in [1.807, 2.05) is 0 Å². The topological polar surface area (TPSA) is 8.17 Å². The van der Waals surface area contributed by atoms with Crippen LogP contribution in [0.15, 0.2) is 231 Å². The average molecular weight is 739 g/mol. The van der Waals surface area contributed by atoms with E-state index < -0.39 is 0 Å². The molecule has 1 aromatic heterocycles. The second-order valence-corrected chi connectivity index (χ2v) is 14.9. The molecule has 272 valence electrons. The molecule has 0 aliphatic heterocycles. The van der Waals surface area contributed by atoms with Gasteiger partial charge in [-0.05, 0) is 92.3 Å². The van der Waals surface area contributed by atoms with Gasteiger partial charge in [0.2, 0.25) is 0 Å². The van der Waals surface area contributed by atoms with Gasteiger partial charge in [-0.25, -0.2) is 0 Å². The maximum atomic E-state index is 2.45. The lowest BCUT2D eigenvalue weighted by molar-refractivity contribution is 1.18.